The number of carbonyl (C=O) groups is 2. The van der Waals surface area contributed by atoms with Crippen molar-refractivity contribution in [2.24, 2.45) is 5.92 Å². The molecular weight excluding hydrogens is 345 g/mol. The Hall–Kier alpha value is -2.47. The maximum atomic E-state index is 12.9. The normalized spacial score (nSPS) is 17.0. The van der Waals surface area contributed by atoms with E-state index in [0.29, 0.717) is 30.4 Å². The van der Waals surface area contributed by atoms with E-state index in [0.717, 1.165) is 5.56 Å². The van der Waals surface area contributed by atoms with Crippen molar-refractivity contribution in [1.82, 2.24) is 9.88 Å². The Morgan fingerprint density at radius 1 is 1.28 bits per heavy atom. The van der Waals surface area contributed by atoms with Gasteiger partial charge in [0.1, 0.15) is 11.6 Å². The smallest absolute Gasteiger partial charge is 0.230 e. The fourth-order valence-corrected chi connectivity index (χ4v) is 2.87. The molecule has 1 N–H and O–H groups in total. The molecule has 3 rings (SSSR count). The second-order valence-corrected chi connectivity index (χ2v) is 6.40. The third kappa shape index (κ3) is 4.54. The van der Waals surface area contributed by atoms with Gasteiger partial charge < -0.3 is 10.2 Å². The Bertz CT molecular complexity index is 765. The van der Waals surface area contributed by atoms with Crippen LogP contribution < -0.4 is 5.32 Å². The van der Waals surface area contributed by atoms with Crippen molar-refractivity contribution in [3.63, 3.8) is 0 Å². The first-order valence-corrected chi connectivity index (χ1v) is 8.34. The molecule has 0 spiro atoms. The van der Waals surface area contributed by atoms with E-state index in [1.165, 1.54) is 18.3 Å². The van der Waals surface area contributed by atoms with Crippen molar-refractivity contribution in [2.75, 3.05) is 18.4 Å². The molecule has 2 amide bonds. The number of amides is 2. The number of halogens is 2. The summed E-state index contributed by atoms with van der Waals surface area (Å²) >= 11 is 5.76. The molecule has 1 aliphatic rings. The molecule has 0 radical (unpaired) electrons. The standard InChI is InChI=1S/C18H17ClFN3O2/c19-14-3-6-16(21-10-14)22-18(25)13-9-17(24)23(11-13)8-7-12-1-4-15(20)5-2-12/h1-6,10,13H,7-9,11H2,(H,21,22,25)/t13-/m1/s1. The van der Waals surface area contributed by atoms with Gasteiger partial charge in [-0.2, -0.15) is 0 Å². The van der Waals surface area contributed by atoms with Gasteiger partial charge in [0, 0.05) is 25.7 Å². The summed E-state index contributed by atoms with van der Waals surface area (Å²) in [5.74, 6) is -0.558. The molecule has 1 aliphatic heterocycles. The average Bonchev–Trinajstić information content (AvgIpc) is 2.97. The van der Waals surface area contributed by atoms with Gasteiger partial charge in [-0.25, -0.2) is 9.37 Å². The van der Waals surface area contributed by atoms with Crippen LogP contribution in [0.2, 0.25) is 5.02 Å². The lowest BCUT2D eigenvalue weighted by Crippen LogP contribution is -2.30. The third-order valence-electron chi connectivity index (χ3n) is 4.15. The molecule has 1 fully saturated rings. The molecule has 2 aromatic rings. The van der Waals surface area contributed by atoms with E-state index in [4.69, 9.17) is 11.6 Å². The predicted octanol–water partition coefficient (Wildman–Crippen LogP) is 2.90. The number of nitrogens with one attached hydrogen (secondary N) is 1. The summed E-state index contributed by atoms with van der Waals surface area (Å²) in [6, 6.07) is 9.45. The molecule has 0 aliphatic carbocycles. The van der Waals surface area contributed by atoms with Gasteiger partial charge in [-0.3, -0.25) is 9.59 Å². The van der Waals surface area contributed by atoms with Crippen LogP contribution in [-0.2, 0) is 16.0 Å². The topological polar surface area (TPSA) is 62.3 Å². The fraction of sp³-hybridized carbons (Fsp3) is 0.278. The first-order chi connectivity index (χ1) is 12.0. The van der Waals surface area contributed by atoms with E-state index < -0.39 is 5.92 Å². The van der Waals surface area contributed by atoms with Crippen LogP contribution in [0.3, 0.4) is 0 Å². The molecule has 2 heterocycles. The Morgan fingerprint density at radius 3 is 2.72 bits per heavy atom. The maximum absolute atomic E-state index is 12.9. The largest absolute Gasteiger partial charge is 0.342 e. The highest BCUT2D eigenvalue weighted by atomic mass is 35.5. The molecular formula is C18H17ClFN3O2. The molecule has 1 saturated heterocycles. The van der Waals surface area contributed by atoms with Crippen molar-refractivity contribution >= 4 is 29.2 Å². The fourth-order valence-electron chi connectivity index (χ4n) is 2.76. The molecule has 130 valence electrons. The quantitative estimate of drug-likeness (QED) is 0.890. The van der Waals surface area contributed by atoms with Gasteiger partial charge in [0.15, 0.2) is 0 Å². The zero-order valence-electron chi connectivity index (χ0n) is 13.4. The minimum absolute atomic E-state index is 0.0497. The molecule has 0 saturated carbocycles. The predicted molar refractivity (Wildman–Crippen MR) is 92.7 cm³/mol. The third-order valence-corrected chi connectivity index (χ3v) is 4.37. The highest BCUT2D eigenvalue weighted by molar-refractivity contribution is 6.30. The first kappa shape index (κ1) is 17.4. The minimum Gasteiger partial charge on any atom is -0.342 e. The number of carbonyl (C=O) groups excluding carboxylic acids is 2. The number of hydrogen-bond donors (Lipinski definition) is 1. The summed E-state index contributed by atoms with van der Waals surface area (Å²) in [4.78, 5) is 30.1. The Balaban J connectivity index is 1.53. The number of nitrogens with zero attached hydrogens (tertiary/aromatic N) is 2. The first-order valence-electron chi connectivity index (χ1n) is 7.96. The molecule has 25 heavy (non-hydrogen) atoms. The highest BCUT2D eigenvalue weighted by Gasteiger charge is 2.34. The molecule has 5 nitrogen and oxygen atoms in total. The molecule has 1 aromatic heterocycles. The van der Waals surface area contributed by atoms with Crippen molar-refractivity contribution in [3.8, 4) is 0 Å². The number of likely N-dealkylation sites (tertiary alicyclic amines) is 1. The van der Waals surface area contributed by atoms with Crippen LogP contribution in [0.25, 0.3) is 0 Å². The Labute approximate surface area is 149 Å². The maximum Gasteiger partial charge on any atom is 0.230 e. The monoisotopic (exact) mass is 361 g/mol. The van der Waals surface area contributed by atoms with E-state index >= 15 is 0 Å². The van der Waals surface area contributed by atoms with Crippen LogP contribution in [0, 0.1) is 11.7 Å². The minimum atomic E-state index is -0.404. The van der Waals surface area contributed by atoms with Gasteiger partial charge in [0.2, 0.25) is 11.8 Å². The van der Waals surface area contributed by atoms with Gasteiger partial charge in [0.25, 0.3) is 0 Å². The summed E-state index contributed by atoms with van der Waals surface area (Å²) in [6.45, 7) is 0.882. The van der Waals surface area contributed by atoms with Crippen molar-refractivity contribution in [1.29, 1.82) is 0 Å². The van der Waals surface area contributed by atoms with Gasteiger partial charge >= 0.3 is 0 Å². The lowest BCUT2D eigenvalue weighted by Gasteiger charge is -2.16. The van der Waals surface area contributed by atoms with E-state index in [1.807, 2.05) is 0 Å². The number of rotatable bonds is 5. The van der Waals surface area contributed by atoms with Crippen LogP contribution in [0.1, 0.15) is 12.0 Å². The van der Waals surface area contributed by atoms with Crippen LogP contribution in [0.4, 0.5) is 10.2 Å². The summed E-state index contributed by atoms with van der Waals surface area (Å²) in [5, 5.41) is 3.19. The SMILES string of the molecule is O=C(Nc1ccc(Cl)cn1)[C@@H]1CC(=O)N(CCc2ccc(F)cc2)C1. The molecule has 0 bridgehead atoms. The average molecular weight is 362 g/mol. The lowest BCUT2D eigenvalue weighted by molar-refractivity contribution is -0.128. The second-order valence-electron chi connectivity index (χ2n) is 5.97. The zero-order valence-corrected chi connectivity index (χ0v) is 14.2. The molecule has 0 unspecified atom stereocenters. The van der Waals surface area contributed by atoms with Crippen molar-refractivity contribution < 1.29 is 14.0 Å². The number of benzene rings is 1. The Morgan fingerprint density at radius 2 is 2.04 bits per heavy atom. The Kier molecular flexibility index (Phi) is 5.28. The van der Waals surface area contributed by atoms with Gasteiger partial charge in [-0.1, -0.05) is 23.7 Å². The van der Waals surface area contributed by atoms with Gasteiger partial charge in [-0.15, -0.1) is 0 Å². The van der Waals surface area contributed by atoms with Crippen molar-refractivity contribution in [2.45, 2.75) is 12.8 Å². The van der Waals surface area contributed by atoms with Crippen molar-refractivity contribution in [3.05, 3.63) is 59.0 Å². The van der Waals surface area contributed by atoms with E-state index in [2.05, 4.69) is 10.3 Å². The summed E-state index contributed by atoms with van der Waals surface area (Å²) in [7, 11) is 0. The van der Waals surface area contributed by atoms with Gasteiger partial charge in [0.05, 0.1) is 10.9 Å². The number of anilines is 1. The highest BCUT2D eigenvalue weighted by Crippen LogP contribution is 2.20. The summed E-state index contributed by atoms with van der Waals surface area (Å²) < 4.78 is 12.9. The number of aromatic nitrogens is 1. The van der Waals surface area contributed by atoms with E-state index in [1.54, 1.807) is 29.2 Å². The van der Waals surface area contributed by atoms with Crippen LogP contribution in [0.5, 0.6) is 0 Å². The van der Waals surface area contributed by atoms with Crippen LogP contribution in [-0.4, -0.2) is 34.8 Å². The molecule has 1 aromatic carbocycles. The van der Waals surface area contributed by atoms with E-state index in [-0.39, 0.29) is 24.1 Å². The van der Waals surface area contributed by atoms with Crippen LogP contribution in [0.15, 0.2) is 42.6 Å². The second kappa shape index (κ2) is 7.61. The molecule has 1 atom stereocenters. The lowest BCUT2D eigenvalue weighted by atomic mass is 10.1. The van der Waals surface area contributed by atoms with E-state index in [9.17, 15) is 14.0 Å². The summed E-state index contributed by atoms with van der Waals surface area (Å²) in [6.07, 6.45) is 2.26. The number of hydrogen-bond acceptors (Lipinski definition) is 3. The number of pyridine rings is 1. The van der Waals surface area contributed by atoms with Gasteiger partial charge in [-0.05, 0) is 36.2 Å². The van der Waals surface area contributed by atoms with Crippen LogP contribution >= 0.6 is 11.6 Å². The zero-order chi connectivity index (χ0) is 17.8. The summed E-state index contributed by atoms with van der Waals surface area (Å²) in [5.41, 5.74) is 0.951. The molecule has 7 heteroatoms.